The zero-order chi connectivity index (χ0) is 20.7. The number of H-pyrrole nitrogens is 1. The lowest BCUT2D eigenvalue weighted by molar-refractivity contribution is -0.0221. The van der Waals surface area contributed by atoms with Crippen LogP contribution in [0.2, 0.25) is 0 Å². The Labute approximate surface area is 173 Å². The number of aromatic amines is 1. The van der Waals surface area contributed by atoms with E-state index in [1.54, 1.807) is 6.20 Å². The number of nitrogens with one attached hydrogen (secondary N) is 1. The van der Waals surface area contributed by atoms with Crippen LogP contribution in [0.3, 0.4) is 0 Å². The molecule has 7 nitrogen and oxygen atoms in total. The molecule has 9 heteroatoms. The van der Waals surface area contributed by atoms with E-state index in [-0.39, 0.29) is 32.0 Å². The van der Waals surface area contributed by atoms with E-state index >= 15 is 0 Å². The van der Waals surface area contributed by atoms with E-state index in [0.29, 0.717) is 24.9 Å². The molecule has 2 fully saturated rings. The van der Waals surface area contributed by atoms with Gasteiger partial charge in [0.2, 0.25) is 0 Å². The van der Waals surface area contributed by atoms with Crippen molar-refractivity contribution in [3.8, 4) is 11.4 Å². The molecule has 0 aromatic carbocycles. The van der Waals surface area contributed by atoms with Crippen LogP contribution >= 0.6 is 0 Å². The van der Waals surface area contributed by atoms with Crippen molar-refractivity contribution in [2.24, 2.45) is 0 Å². The van der Waals surface area contributed by atoms with Crippen LogP contribution in [0.1, 0.15) is 19.8 Å². The zero-order valence-corrected chi connectivity index (χ0v) is 16.8. The van der Waals surface area contributed by atoms with Crippen molar-refractivity contribution in [1.29, 1.82) is 0 Å². The summed E-state index contributed by atoms with van der Waals surface area (Å²) >= 11 is 0. The van der Waals surface area contributed by atoms with Crippen LogP contribution in [0.25, 0.3) is 22.4 Å². The van der Waals surface area contributed by atoms with E-state index in [4.69, 9.17) is 14.7 Å². The molecular formula is C21H24F2N6O. The van der Waals surface area contributed by atoms with E-state index in [0.717, 1.165) is 29.0 Å². The predicted octanol–water partition coefficient (Wildman–Crippen LogP) is 3.48. The molecule has 0 bridgehead atoms. The highest BCUT2D eigenvalue weighted by molar-refractivity contribution is 5.91. The number of hydrogen-bond acceptors (Lipinski definition) is 6. The number of pyridine rings is 1. The minimum atomic E-state index is -2.60. The fraction of sp³-hybridized carbons (Fsp3) is 0.476. The van der Waals surface area contributed by atoms with Crippen LogP contribution < -0.4 is 9.80 Å². The van der Waals surface area contributed by atoms with Crippen LogP contribution in [0.15, 0.2) is 30.6 Å². The van der Waals surface area contributed by atoms with Gasteiger partial charge in [-0.15, -0.1) is 0 Å². The molecule has 3 aromatic rings. The highest BCUT2D eigenvalue weighted by Gasteiger charge is 2.35. The van der Waals surface area contributed by atoms with Gasteiger partial charge in [0.1, 0.15) is 17.3 Å². The van der Waals surface area contributed by atoms with Crippen LogP contribution in [-0.4, -0.2) is 64.7 Å². The standard InChI is InChI=1S/C21H24F2N6O/c1-14-13-30-11-10-29(14)18-12-17(28-8-4-21(22,23)5-9-28)26-20(27-18)16-3-7-25-19-15(16)2-6-24-19/h2-3,6-7,12,14H,4-5,8-11,13H2,1H3,(H,24,25). The Balaban J connectivity index is 1.59. The van der Waals surface area contributed by atoms with Crippen LogP contribution in [0, 0.1) is 0 Å². The lowest BCUT2D eigenvalue weighted by atomic mass is 10.1. The summed E-state index contributed by atoms with van der Waals surface area (Å²) in [7, 11) is 0. The second kappa shape index (κ2) is 7.46. The van der Waals surface area contributed by atoms with Gasteiger partial charge in [-0.05, 0) is 19.1 Å². The summed E-state index contributed by atoms with van der Waals surface area (Å²) < 4.78 is 33.0. The Morgan fingerprint density at radius 3 is 2.73 bits per heavy atom. The first-order valence-electron chi connectivity index (χ1n) is 10.3. The Kier molecular flexibility index (Phi) is 4.77. The fourth-order valence-corrected chi connectivity index (χ4v) is 4.14. The number of piperidine rings is 1. The third-order valence-electron chi connectivity index (χ3n) is 5.88. The molecule has 1 N–H and O–H groups in total. The summed E-state index contributed by atoms with van der Waals surface area (Å²) in [6.07, 6.45) is 3.24. The van der Waals surface area contributed by atoms with Gasteiger partial charge in [0.25, 0.3) is 5.92 Å². The number of aromatic nitrogens is 4. The molecule has 1 atom stereocenters. The van der Waals surface area contributed by atoms with Gasteiger partial charge in [0.05, 0.1) is 19.3 Å². The average Bonchev–Trinajstić information content (AvgIpc) is 3.23. The molecule has 0 radical (unpaired) electrons. The highest BCUT2D eigenvalue weighted by atomic mass is 19.3. The predicted molar refractivity (Wildman–Crippen MR) is 111 cm³/mol. The van der Waals surface area contributed by atoms with Gasteiger partial charge in [-0.3, -0.25) is 0 Å². The first kappa shape index (κ1) is 19.2. The Morgan fingerprint density at radius 1 is 1.13 bits per heavy atom. The number of morpholine rings is 1. The van der Waals surface area contributed by atoms with Gasteiger partial charge in [0.15, 0.2) is 5.82 Å². The maximum absolute atomic E-state index is 13.7. The van der Waals surface area contributed by atoms with Gasteiger partial charge >= 0.3 is 0 Å². The number of ether oxygens (including phenoxy) is 1. The second-order valence-electron chi connectivity index (χ2n) is 7.97. The van der Waals surface area contributed by atoms with Crippen molar-refractivity contribution in [3.05, 3.63) is 30.6 Å². The minimum Gasteiger partial charge on any atom is -0.377 e. The second-order valence-corrected chi connectivity index (χ2v) is 7.97. The SMILES string of the molecule is CC1COCCN1c1cc(N2CCC(F)(F)CC2)nc(-c2ccnc3[nH]ccc23)n1. The molecule has 1 unspecified atom stereocenters. The summed E-state index contributed by atoms with van der Waals surface area (Å²) in [4.78, 5) is 21.3. The largest absolute Gasteiger partial charge is 0.377 e. The van der Waals surface area contributed by atoms with Gasteiger partial charge in [0, 0.05) is 61.9 Å². The van der Waals surface area contributed by atoms with Gasteiger partial charge in [-0.25, -0.2) is 23.7 Å². The smallest absolute Gasteiger partial charge is 0.251 e. The van der Waals surface area contributed by atoms with E-state index in [1.165, 1.54) is 0 Å². The summed E-state index contributed by atoms with van der Waals surface area (Å²) in [5, 5.41) is 0.931. The summed E-state index contributed by atoms with van der Waals surface area (Å²) in [6, 6.07) is 5.94. The first-order valence-corrected chi connectivity index (χ1v) is 10.3. The molecule has 0 amide bonds. The van der Waals surface area contributed by atoms with Crippen molar-refractivity contribution >= 4 is 22.7 Å². The van der Waals surface area contributed by atoms with E-state index in [2.05, 4.69) is 21.8 Å². The molecule has 5 heterocycles. The number of rotatable bonds is 3. The van der Waals surface area contributed by atoms with Crippen LogP contribution in [0.5, 0.6) is 0 Å². The molecule has 5 rings (SSSR count). The number of halogens is 2. The number of anilines is 2. The van der Waals surface area contributed by atoms with Crippen molar-refractivity contribution in [2.45, 2.75) is 31.7 Å². The third-order valence-corrected chi connectivity index (χ3v) is 5.88. The molecule has 0 aliphatic carbocycles. The quantitative estimate of drug-likeness (QED) is 0.708. The number of fused-ring (bicyclic) bond motifs is 1. The summed E-state index contributed by atoms with van der Waals surface area (Å²) in [6.45, 7) is 4.63. The first-order chi connectivity index (χ1) is 14.5. The maximum Gasteiger partial charge on any atom is 0.251 e. The van der Waals surface area contributed by atoms with Crippen LogP contribution in [0.4, 0.5) is 20.4 Å². The highest BCUT2D eigenvalue weighted by Crippen LogP contribution is 2.33. The molecule has 158 valence electrons. The molecule has 2 aliphatic rings. The molecule has 30 heavy (non-hydrogen) atoms. The summed E-state index contributed by atoms with van der Waals surface area (Å²) in [5.41, 5.74) is 1.63. The van der Waals surface area contributed by atoms with Crippen molar-refractivity contribution in [1.82, 2.24) is 19.9 Å². The molecule has 2 aliphatic heterocycles. The molecular weight excluding hydrogens is 390 g/mol. The Hall–Kier alpha value is -2.81. The van der Waals surface area contributed by atoms with Crippen LogP contribution in [-0.2, 0) is 4.74 Å². The number of nitrogens with zero attached hydrogens (tertiary/aromatic N) is 5. The normalized spacial score (nSPS) is 21.9. The lowest BCUT2D eigenvalue weighted by Gasteiger charge is -2.36. The Bertz CT molecular complexity index is 1040. The fourth-order valence-electron chi connectivity index (χ4n) is 4.14. The number of hydrogen-bond donors (Lipinski definition) is 1. The van der Waals surface area contributed by atoms with Crippen molar-refractivity contribution in [2.75, 3.05) is 42.6 Å². The topological polar surface area (TPSA) is 70.2 Å². The van der Waals surface area contributed by atoms with Gasteiger partial charge in [-0.2, -0.15) is 0 Å². The Morgan fingerprint density at radius 2 is 1.93 bits per heavy atom. The van der Waals surface area contributed by atoms with Crippen molar-refractivity contribution < 1.29 is 13.5 Å². The zero-order valence-electron chi connectivity index (χ0n) is 16.8. The van der Waals surface area contributed by atoms with E-state index in [9.17, 15) is 8.78 Å². The third kappa shape index (κ3) is 3.58. The number of alkyl halides is 2. The van der Waals surface area contributed by atoms with Gasteiger partial charge < -0.3 is 19.5 Å². The van der Waals surface area contributed by atoms with E-state index in [1.807, 2.05) is 29.3 Å². The molecule has 2 saturated heterocycles. The summed E-state index contributed by atoms with van der Waals surface area (Å²) in [5.74, 6) is -0.546. The molecule has 3 aromatic heterocycles. The lowest BCUT2D eigenvalue weighted by Crippen LogP contribution is -2.44. The molecule has 0 spiro atoms. The van der Waals surface area contributed by atoms with E-state index < -0.39 is 5.92 Å². The molecule has 0 saturated carbocycles. The average molecular weight is 414 g/mol. The maximum atomic E-state index is 13.7. The monoisotopic (exact) mass is 414 g/mol. The van der Waals surface area contributed by atoms with Crippen molar-refractivity contribution in [3.63, 3.8) is 0 Å². The van der Waals surface area contributed by atoms with Gasteiger partial charge in [-0.1, -0.05) is 0 Å². The minimum absolute atomic E-state index is 0.160.